The van der Waals surface area contributed by atoms with E-state index in [-0.39, 0.29) is 4.47 Å². The first kappa shape index (κ1) is 22.4. The number of nitrogens with zero attached hydrogens (tertiary/aromatic N) is 1. The second-order valence-electron chi connectivity index (χ2n) is 6.45. The molecule has 0 spiro atoms. The number of aliphatic hydroxyl groups excluding tert-OH is 1. The number of aromatic nitrogens is 1. The fourth-order valence-corrected chi connectivity index (χ4v) is 3.14. The summed E-state index contributed by atoms with van der Waals surface area (Å²) in [6.07, 6.45) is -8.24. The van der Waals surface area contributed by atoms with Crippen molar-refractivity contribution in [1.82, 2.24) is 9.71 Å². The summed E-state index contributed by atoms with van der Waals surface area (Å²) in [4.78, 5) is 3.35. The van der Waals surface area contributed by atoms with Gasteiger partial charge in [0.05, 0.1) is 21.3 Å². The van der Waals surface area contributed by atoms with Crippen LogP contribution in [0.5, 0.6) is 0 Å². The first-order chi connectivity index (χ1) is 11.2. The Bertz CT molecular complexity index is 639. The molecular formula is C14H18BrF5N2O2S. The average molecular weight is 453 g/mol. The van der Waals surface area contributed by atoms with E-state index in [1.165, 1.54) is 20.8 Å². The Morgan fingerprint density at radius 2 is 1.92 bits per heavy atom. The summed E-state index contributed by atoms with van der Waals surface area (Å²) in [5, 5.41) is 9.40. The smallest absolute Gasteiger partial charge is 0.384 e. The highest BCUT2D eigenvalue weighted by molar-refractivity contribution is 9.10. The third kappa shape index (κ3) is 5.66. The van der Waals surface area contributed by atoms with Crippen molar-refractivity contribution in [3.05, 3.63) is 28.2 Å². The second kappa shape index (κ2) is 7.93. The molecule has 11 heteroatoms. The highest BCUT2D eigenvalue weighted by Gasteiger charge is 2.48. The fourth-order valence-electron chi connectivity index (χ4n) is 1.89. The van der Waals surface area contributed by atoms with Crippen molar-refractivity contribution in [3.63, 3.8) is 0 Å². The molecule has 0 saturated carbocycles. The van der Waals surface area contributed by atoms with Crippen LogP contribution in [0.2, 0.25) is 0 Å². The monoisotopic (exact) mass is 452 g/mol. The fraction of sp³-hybridized carbons (Fsp3) is 0.643. The summed E-state index contributed by atoms with van der Waals surface area (Å²) >= 11 is 2.99. The molecule has 0 fully saturated rings. The SMILES string of the molecule is CC(C)(C)[S@@](=O)N[C@@](CF)(C[C@@H](O)C(F)(F)F)c1cc(Br)cnc1F. The van der Waals surface area contributed by atoms with Gasteiger partial charge in [0.1, 0.15) is 6.67 Å². The van der Waals surface area contributed by atoms with Gasteiger partial charge in [0.2, 0.25) is 5.95 Å². The van der Waals surface area contributed by atoms with Crippen LogP contribution in [-0.2, 0) is 16.5 Å². The zero-order valence-electron chi connectivity index (χ0n) is 13.6. The topological polar surface area (TPSA) is 62.2 Å². The standard InChI is InChI=1S/C14H18BrF5N2O2S/c1-12(2,3)25(24)22-13(7-16,5-10(23)14(18,19)20)9-4-8(15)6-21-11(9)17/h4,6,10,22-23H,5,7H2,1-3H3/t10-,13-,25-/m1/s1. The van der Waals surface area contributed by atoms with E-state index in [4.69, 9.17) is 0 Å². The number of alkyl halides is 4. The first-order valence-corrected chi connectivity index (χ1v) is 8.99. The molecule has 3 atom stereocenters. The van der Waals surface area contributed by atoms with Crippen molar-refractivity contribution >= 4 is 26.9 Å². The van der Waals surface area contributed by atoms with Crippen LogP contribution >= 0.6 is 15.9 Å². The van der Waals surface area contributed by atoms with Crippen molar-refractivity contribution in [2.24, 2.45) is 0 Å². The average Bonchev–Trinajstić information content (AvgIpc) is 2.46. The molecule has 0 amide bonds. The Morgan fingerprint density at radius 1 is 1.36 bits per heavy atom. The third-order valence-corrected chi connectivity index (χ3v) is 5.44. The normalized spacial score (nSPS) is 17.8. The number of pyridine rings is 1. The third-order valence-electron chi connectivity index (χ3n) is 3.31. The van der Waals surface area contributed by atoms with Gasteiger partial charge in [-0.15, -0.1) is 0 Å². The predicted molar refractivity (Wildman–Crippen MR) is 87.3 cm³/mol. The second-order valence-corrected chi connectivity index (χ2v) is 9.33. The number of nitrogens with one attached hydrogen (secondary N) is 1. The van der Waals surface area contributed by atoms with E-state index >= 15 is 0 Å². The maximum atomic E-state index is 14.1. The minimum atomic E-state index is -5.05. The Morgan fingerprint density at radius 3 is 2.36 bits per heavy atom. The molecular weight excluding hydrogens is 435 g/mol. The quantitative estimate of drug-likeness (QED) is 0.512. The molecule has 0 aliphatic heterocycles. The van der Waals surface area contributed by atoms with Gasteiger partial charge in [0.15, 0.2) is 6.10 Å². The Kier molecular flexibility index (Phi) is 7.10. The predicted octanol–water partition coefficient (Wildman–Crippen LogP) is 3.51. The molecule has 2 N–H and O–H groups in total. The zero-order valence-corrected chi connectivity index (χ0v) is 16.0. The Balaban J connectivity index is 3.47. The maximum absolute atomic E-state index is 14.1. The molecule has 0 aromatic carbocycles. The van der Waals surface area contributed by atoms with Crippen LogP contribution in [0.1, 0.15) is 32.8 Å². The van der Waals surface area contributed by atoms with E-state index in [0.29, 0.717) is 0 Å². The van der Waals surface area contributed by atoms with E-state index in [1.807, 2.05) is 0 Å². The van der Waals surface area contributed by atoms with Gasteiger partial charge in [-0.1, -0.05) is 0 Å². The zero-order chi connectivity index (χ0) is 19.6. The highest BCUT2D eigenvalue weighted by Crippen LogP contribution is 2.36. The van der Waals surface area contributed by atoms with Crippen molar-refractivity contribution in [2.45, 2.75) is 49.8 Å². The molecule has 0 aliphatic rings. The Hall–Kier alpha value is -0.650. The summed E-state index contributed by atoms with van der Waals surface area (Å²) in [5.74, 6) is -1.23. The van der Waals surface area contributed by atoms with E-state index in [0.717, 1.165) is 12.3 Å². The molecule has 0 saturated heterocycles. The van der Waals surface area contributed by atoms with E-state index in [9.17, 15) is 31.3 Å². The first-order valence-electron chi connectivity index (χ1n) is 7.05. The summed E-state index contributed by atoms with van der Waals surface area (Å²) in [6.45, 7) is 2.98. The molecule has 144 valence electrons. The minimum Gasteiger partial charge on any atom is -0.384 e. The molecule has 1 aromatic rings. The molecule has 1 heterocycles. The molecule has 0 bridgehead atoms. The number of rotatable bonds is 6. The number of hydrogen-bond acceptors (Lipinski definition) is 3. The summed E-state index contributed by atoms with van der Waals surface area (Å²) in [6, 6.07) is 1.04. The van der Waals surface area contributed by atoms with Gasteiger partial charge in [-0.3, -0.25) is 0 Å². The number of aliphatic hydroxyl groups is 1. The van der Waals surface area contributed by atoms with E-state index in [2.05, 4.69) is 25.6 Å². The number of halogens is 6. The van der Waals surface area contributed by atoms with Crippen LogP contribution in [0.15, 0.2) is 16.7 Å². The van der Waals surface area contributed by atoms with Gasteiger partial charge in [0.25, 0.3) is 0 Å². The van der Waals surface area contributed by atoms with Crippen LogP contribution < -0.4 is 4.72 Å². The van der Waals surface area contributed by atoms with Crippen LogP contribution in [0, 0.1) is 5.95 Å². The van der Waals surface area contributed by atoms with Crippen molar-refractivity contribution in [1.29, 1.82) is 0 Å². The van der Waals surface area contributed by atoms with Gasteiger partial charge >= 0.3 is 6.18 Å². The molecule has 0 unspecified atom stereocenters. The molecule has 0 radical (unpaired) electrons. The number of hydrogen-bond donors (Lipinski definition) is 2. The van der Waals surface area contributed by atoms with Gasteiger partial charge in [0, 0.05) is 22.7 Å². The van der Waals surface area contributed by atoms with Gasteiger partial charge in [-0.05, 0) is 42.8 Å². The molecule has 0 aliphatic carbocycles. The summed E-state index contributed by atoms with van der Waals surface area (Å²) in [7, 11) is -2.04. The minimum absolute atomic E-state index is 0.187. The lowest BCUT2D eigenvalue weighted by Gasteiger charge is -2.36. The highest BCUT2D eigenvalue weighted by atomic mass is 79.9. The van der Waals surface area contributed by atoms with Crippen LogP contribution in [0.3, 0.4) is 0 Å². The lowest BCUT2D eigenvalue weighted by molar-refractivity contribution is -0.210. The van der Waals surface area contributed by atoms with Crippen molar-refractivity contribution in [3.8, 4) is 0 Å². The lowest BCUT2D eigenvalue weighted by Crippen LogP contribution is -2.53. The summed E-state index contributed by atoms with van der Waals surface area (Å²) < 4.78 is 80.2. The van der Waals surface area contributed by atoms with E-state index in [1.54, 1.807) is 0 Å². The van der Waals surface area contributed by atoms with Gasteiger partial charge in [-0.2, -0.15) is 17.6 Å². The van der Waals surface area contributed by atoms with E-state index < -0.39 is 58.2 Å². The van der Waals surface area contributed by atoms with Gasteiger partial charge in [-0.25, -0.2) is 18.3 Å². The van der Waals surface area contributed by atoms with Crippen LogP contribution in [-0.4, -0.2) is 38.0 Å². The summed E-state index contributed by atoms with van der Waals surface area (Å²) in [5.41, 5.74) is -2.95. The van der Waals surface area contributed by atoms with Crippen LogP contribution in [0.25, 0.3) is 0 Å². The van der Waals surface area contributed by atoms with Crippen molar-refractivity contribution < 1.29 is 31.3 Å². The van der Waals surface area contributed by atoms with Crippen LogP contribution in [0.4, 0.5) is 22.0 Å². The largest absolute Gasteiger partial charge is 0.414 e. The van der Waals surface area contributed by atoms with Gasteiger partial charge < -0.3 is 5.11 Å². The Labute approximate surface area is 152 Å². The molecule has 4 nitrogen and oxygen atoms in total. The molecule has 25 heavy (non-hydrogen) atoms. The lowest BCUT2D eigenvalue weighted by atomic mass is 9.87. The molecule has 1 rings (SSSR count). The maximum Gasteiger partial charge on any atom is 0.414 e. The molecule has 1 aromatic heterocycles. The van der Waals surface area contributed by atoms with Crippen molar-refractivity contribution in [2.75, 3.05) is 6.67 Å².